The van der Waals surface area contributed by atoms with Crippen molar-refractivity contribution in [3.8, 4) is 0 Å². The van der Waals surface area contributed by atoms with Gasteiger partial charge in [-0.1, -0.05) is 41.6 Å². The van der Waals surface area contributed by atoms with Crippen LogP contribution in [0.1, 0.15) is 35.2 Å². The third-order valence-electron chi connectivity index (χ3n) is 5.65. The van der Waals surface area contributed by atoms with Gasteiger partial charge in [-0.15, -0.1) is 0 Å². The predicted molar refractivity (Wildman–Crippen MR) is 128 cm³/mol. The van der Waals surface area contributed by atoms with Crippen LogP contribution in [0.5, 0.6) is 0 Å². The number of carbonyl (C=O) groups is 1. The molecule has 8 heteroatoms. The Morgan fingerprint density at radius 3 is 2.78 bits per heavy atom. The number of carbonyl (C=O) groups excluding carboxylic acids is 1. The highest BCUT2D eigenvalue weighted by atomic mass is 32.2. The normalized spacial score (nSPS) is 14.5. The Hall–Kier alpha value is -2.16. The Bertz CT molecular complexity index is 970. The average Bonchev–Trinajstić information content (AvgIpc) is 2.78. The zero-order chi connectivity index (χ0) is 22.9. The van der Waals surface area contributed by atoms with Crippen molar-refractivity contribution >= 4 is 17.7 Å². The summed E-state index contributed by atoms with van der Waals surface area (Å²) in [5.41, 5.74) is 3.82. The number of nitrogens with one attached hydrogen (secondary N) is 1. The quantitative estimate of drug-likeness (QED) is 0.335. The van der Waals surface area contributed by atoms with Gasteiger partial charge in [-0.05, 0) is 25.8 Å². The molecule has 0 unspecified atom stereocenters. The summed E-state index contributed by atoms with van der Waals surface area (Å²) in [7, 11) is 1.77. The van der Waals surface area contributed by atoms with Gasteiger partial charge in [-0.25, -0.2) is 4.98 Å². The molecule has 2 heterocycles. The highest BCUT2D eigenvalue weighted by molar-refractivity contribution is 7.99. The van der Waals surface area contributed by atoms with Gasteiger partial charge in [0.1, 0.15) is 0 Å². The smallest absolute Gasteiger partial charge is 0.257 e. The average molecular weight is 459 g/mol. The van der Waals surface area contributed by atoms with E-state index in [0.29, 0.717) is 24.5 Å². The van der Waals surface area contributed by atoms with Crippen molar-refractivity contribution in [1.29, 1.82) is 0 Å². The van der Waals surface area contributed by atoms with Crippen molar-refractivity contribution < 1.29 is 9.53 Å². The molecule has 174 valence electrons. The minimum absolute atomic E-state index is 0.00219. The van der Waals surface area contributed by atoms with Gasteiger partial charge in [-0.2, -0.15) is 0 Å². The van der Waals surface area contributed by atoms with E-state index in [2.05, 4.69) is 34.3 Å². The fourth-order valence-corrected chi connectivity index (χ4v) is 4.70. The van der Waals surface area contributed by atoms with Gasteiger partial charge >= 0.3 is 0 Å². The molecule has 1 saturated heterocycles. The second-order valence-electron chi connectivity index (χ2n) is 8.24. The molecule has 1 aliphatic rings. The van der Waals surface area contributed by atoms with E-state index >= 15 is 0 Å². The highest BCUT2D eigenvalue weighted by Crippen LogP contribution is 2.18. The lowest BCUT2D eigenvalue weighted by atomic mass is 10.0. The largest absolute Gasteiger partial charge is 0.379 e. The molecule has 1 aliphatic heterocycles. The minimum atomic E-state index is 0.00219. The first-order valence-electron chi connectivity index (χ1n) is 11.3. The number of nitrogens with zero attached hydrogens (tertiary/aromatic N) is 3. The molecule has 0 aliphatic carbocycles. The maximum absolute atomic E-state index is 12.9. The lowest BCUT2D eigenvalue weighted by molar-refractivity contribution is -0.121. The molecule has 1 aromatic carbocycles. The van der Waals surface area contributed by atoms with E-state index in [4.69, 9.17) is 4.74 Å². The van der Waals surface area contributed by atoms with Gasteiger partial charge < -0.3 is 10.1 Å². The summed E-state index contributed by atoms with van der Waals surface area (Å²) in [4.78, 5) is 32.0. The molecule has 1 aromatic heterocycles. The number of aromatic nitrogens is 2. The van der Waals surface area contributed by atoms with Gasteiger partial charge in [0.2, 0.25) is 5.91 Å². The van der Waals surface area contributed by atoms with E-state index in [0.717, 1.165) is 61.8 Å². The molecule has 0 spiro atoms. The van der Waals surface area contributed by atoms with Crippen LogP contribution < -0.4 is 10.9 Å². The van der Waals surface area contributed by atoms with Crippen molar-refractivity contribution in [2.45, 2.75) is 38.3 Å². The third kappa shape index (κ3) is 7.18. The van der Waals surface area contributed by atoms with Crippen molar-refractivity contribution in [2.24, 2.45) is 7.05 Å². The first-order valence-corrected chi connectivity index (χ1v) is 12.2. The summed E-state index contributed by atoms with van der Waals surface area (Å²) in [6.45, 7) is 8.90. The Balaban J connectivity index is 1.44. The molecule has 2 aromatic rings. The number of benzene rings is 1. The van der Waals surface area contributed by atoms with Gasteiger partial charge in [-0.3, -0.25) is 19.1 Å². The fourth-order valence-electron chi connectivity index (χ4n) is 3.75. The van der Waals surface area contributed by atoms with Crippen LogP contribution >= 0.6 is 11.8 Å². The Labute approximate surface area is 194 Å². The standard InChI is InChI=1S/C24H34N4O3S/c1-18-6-4-7-20(16-18)17-21-19(2)26-24(27(3)23(21)30)32-15-5-8-22(29)25-9-10-28-11-13-31-14-12-28/h4,6-7,16H,5,8-15,17H2,1-3H3,(H,25,29). The van der Waals surface area contributed by atoms with Crippen LogP contribution in [-0.4, -0.2) is 65.5 Å². The van der Waals surface area contributed by atoms with Gasteiger partial charge in [0.25, 0.3) is 5.56 Å². The van der Waals surface area contributed by atoms with Crippen LogP contribution in [-0.2, 0) is 23.0 Å². The number of ether oxygens (including phenoxy) is 1. The molecular formula is C24H34N4O3S. The van der Waals surface area contributed by atoms with Crippen LogP contribution in [0.25, 0.3) is 0 Å². The number of amides is 1. The van der Waals surface area contributed by atoms with Crippen LogP contribution in [0.2, 0.25) is 0 Å². The predicted octanol–water partition coefficient (Wildman–Crippen LogP) is 2.31. The molecule has 0 bridgehead atoms. The number of aryl methyl sites for hydroxylation is 2. The van der Waals surface area contributed by atoms with Gasteiger partial charge in [0.05, 0.1) is 13.2 Å². The fraction of sp³-hybridized carbons (Fsp3) is 0.542. The molecule has 1 fully saturated rings. The third-order valence-corrected chi connectivity index (χ3v) is 6.76. The van der Waals surface area contributed by atoms with Crippen LogP contribution in [0, 0.1) is 13.8 Å². The van der Waals surface area contributed by atoms with Crippen LogP contribution in [0.4, 0.5) is 0 Å². The van der Waals surface area contributed by atoms with Crippen molar-refractivity contribution in [1.82, 2.24) is 19.8 Å². The molecule has 0 atom stereocenters. The second-order valence-corrected chi connectivity index (χ2v) is 9.31. The van der Waals surface area contributed by atoms with Gasteiger partial charge in [0, 0.05) is 63.1 Å². The molecule has 7 nitrogen and oxygen atoms in total. The zero-order valence-corrected chi connectivity index (χ0v) is 20.2. The summed E-state index contributed by atoms with van der Waals surface area (Å²) in [6, 6.07) is 8.21. The number of morpholine rings is 1. The lowest BCUT2D eigenvalue weighted by Crippen LogP contribution is -2.41. The van der Waals surface area contributed by atoms with Crippen molar-refractivity contribution in [2.75, 3.05) is 45.1 Å². The number of hydrogen-bond donors (Lipinski definition) is 1. The van der Waals surface area contributed by atoms with Crippen molar-refractivity contribution in [3.63, 3.8) is 0 Å². The van der Waals surface area contributed by atoms with E-state index in [1.54, 1.807) is 11.6 Å². The minimum Gasteiger partial charge on any atom is -0.379 e. The Kier molecular flexibility index (Phi) is 9.32. The van der Waals surface area contributed by atoms with Crippen molar-refractivity contribution in [3.05, 3.63) is 57.0 Å². The maximum Gasteiger partial charge on any atom is 0.257 e. The van der Waals surface area contributed by atoms with E-state index in [-0.39, 0.29) is 11.5 Å². The molecule has 1 amide bonds. The van der Waals surface area contributed by atoms with E-state index < -0.39 is 0 Å². The topological polar surface area (TPSA) is 76.5 Å². The number of hydrogen-bond acceptors (Lipinski definition) is 6. The molecule has 1 N–H and O–H groups in total. The molecule has 3 rings (SSSR count). The maximum atomic E-state index is 12.9. The molecular weight excluding hydrogens is 424 g/mol. The Morgan fingerprint density at radius 2 is 2.03 bits per heavy atom. The first-order chi connectivity index (χ1) is 15.4. The summed E-state index contributed by atoms with van der Waals surface area (Å²) in [6.07, 6.45) is 1.81. The van der Waals surface area contributed by atoms with Crippen LogP contribution in [0.15, 0.2) is 34.2 Å². The monoisotopic (exact) mass is 458 g/mol. The highest BCUT2D eigenvalue weighted by Gasteiger charge is 2.14. The SMILES string of the molecule is Cc1cccc(Cc2c(C)nc(SCCCC(=O)NCCN3CCOCC3)n(C)c2=O)c1. The first kappa shape index (κ1) is 24.5. The van der Waals surface area contributed by atoms with Crippen LogP contribution in [0.3, 0.4) is 0 Å². The number of rotatable bonds is 10. The summed E-state index contributed by atoms with van der Waals surface area (Å²) in [5, 5.41) is 3.69. The second kappa shape index (κ2) is 12.2. The summed E-state index contributed by atoms with van der Waals surface area (Å²) < 4.78 is 6.96. The Morgan fingerprint density at radius 1 is 1.25 bits per heavy atom. The summed E-state index contributed by atoms with van der Waals surface area (Å²) >= 11 is 1.53. The van der Waals surface area contributed by atoms with E-state index in [1.165, 1.54) is 17.3 Å². The zero-order valence-electron chi connectivity index (χ0n) is 19.4. The molecule has 0 radical (unpaired) electrons. The van der Waals surface area contributed by atoms with Gasteiger partial charge in [0.15, 0.2) is 5.16 Å². The summed E-state index contributed by atoms with van der Waals surface area (Å²) in [5.74, 6) is 0.818. The van der Waals surface area contributed by atoms with E-state index in [1.807, 2.05) is 19.1 Å². The lowest BCUT2D eigenvalue weighted by Gasteiger charge is -2.26. The molecule has 0 saturated carbocycles. The van der Waals surface area contributed by atoms with E-state index in [9.17, 15) is 9.59 Å². The number of thioether (sulfide) groups is 1. The molecule has 32 heavy (non-hydrogen) atoms.